The second-order valence-electron chi connectivity index (χ2n) is 5.88. The SMILES string of the molecule is Cc1ccc(C[C@@H](C)NC(=O)c2ccc(=O)n(C)c2)c(C)c1. The Balaban J connectivity index is 2.04. The number of nitrogens with zero attached hydrogens (tertiary/aromatic N) is 1. The van der Waals surface area contributed by atoms with Crippen molar-refractivity contribution in [1.82, 2.24) is 9.88 Å². The maximum atomic E-state index is 12.2. The minimum atomic E-state index is -0.159. The molecule has 2 aromatic rings. The first-order valence-electron chi connectivity index (χ1n) is 7.40. The zero-order valence-electron chi connectivity index (χ0n) is 13.5. The Hall–Kier alpha value is -2.36. The number of rotatable bonds is 4. The second-order valence-corrected chi connectivity index (χ2v) is 5.88. The minimum Gasteiger partial charge on any atom is -0.349 e. The average Bonchev–Trinajstić information content (AvgIpc) is 2.45. The number of carbonyl (C=O) groups excluding carboxylic acids is 1. The molecule has 0 fully saturated rings. The van der Waals surface area contributed by atoms with Crippen LogP contribution in [-0.2, 0) is 13.5 Å². The molecule has 4 nitrogen and oxygen atoms in total. The molecule has 0 saturated heterocycles. The third kappa shape index (κ3) is 3.85. The summed E-state index contributed by atoms with van der Waals surface area (Å²) in [4.78, 5) is 23.6. The maximum absolute atomic E-state index is 12.2. The molecule has 0 saturated carbocycles. The molecule has 22 heavy (non-hydrogen) atoms. The standard InChI is InChI=1S/C18H22N2O2/c1-12-5-6-15(13(2)9-12)10-14(3)19-18(22)16-7-8-17(21)20(4)11-16/h5-9,11,14H,10H2,1-4H3,(H,19,22)/t14-/m1/s1. The van der Waals surface area contributed by atoms with Crippen LogP contribution in [0.4, 0.5) is 0 Å². The summed E-state index contributed by atoms with van der Waals surface area (Å²) in [6.45, 7) is 6.14. The largest absolute Gasteiger partial charge is 0.349 e. The first-order chi connectivity index (χ1) is 10.4. The van der Waals surface area contributed by atoms with E-state index in [2.05, 4.69) is 37.4 Å². The Morgan fingerprint density at radius 2 is 1.95 bits per heavy atom. The van der Waals surface area contributed by atoms with Crippen molar-refractivity contribution in [2.75, 3.05) is 0 Å². The van der Waals surface area contributed by atoms with Crippen molar-refractivity contribution in [3.63, 3.8) is 0 Å². The second kappa shape index (κ2) is 6.60. The van der Waals surface area contributed by atoms with Crippen molar-refractivity contribution >= 4 is 5.91 Å². The van der Waals surface area contributed by atoms with Gasteiger partial charge in [0.25, 0.3) is 5.91 Å². The summed E-state index contributed by atoms with van der Waals surface area (Å²) in [5, 5.41) is 2.98. The number of pyridine rings is 1. The molecule has 1 N–H and O–H groups in total. The van der Waals surface area contributed by atoms with E-state index in [4.69, 9.17) is 0 Å². The van der Waals surface area contributed by atoms with E-state index in [0.29, 0.717) is 5.56 Å². The van der Waals surface area contributed by atoms with E-state index in [9.17, 15) is 9.59 Å². The van der Waals surface area contributed by atoms with Crippen LogP contribution in [0, 0.1) is 13.8 Å². The number of aryl methyl sites for hydroxylation is 3. The van der Waals surface area contributed by atoms with Crippen molar-refractivity contribution in [3.8, 4) is 0 Å². The summed E-state index contributed by atoms with van der Waals surface area (Å²) in [7, 11) is 1.64. The summed E-state index contributed by atoms with van der Waals surface area (Å²) in [5.41, 5.74) is 4.08. The van der Waals surface area contributed by atoms with Crippen LogP contribution in [0.3, 0.4) is 0 Å². The third-order valence-corrected chi connectivity index (χ3v) is 3.75. The van der Waals surface area contributed by atoms with E-state index in [0.717, 1.165) is 6.42 Å². The van der Waals surface area contributed by atoms with E-state index in [1.54, 1.807) is 19.3 Å². The molecule has 0 aliphatic carbocycles. The highest BCUT2D eigenvalue weighted by molar-refractivity contribution is 5.94. The molecule has 0 aliphatic heterocycles. The summed E-state index contributed by atoms with van der Waals surface area (Å²) in [5.74, 6) is -0.159. The first-order valence-corrected chi connectivity index (χ1v) is 7.40. The van der Waals surface area contributed by atoms with Gasteiger partial charge in [0.1, 0.15) is 0 Å². The molecule has 4 heteroatoms. The van der Waals surface area contributed by atoms with Gasteiger partial charge in [-0.3, -0.25) is 9.59 Å². The van der Waals surface area contributed by atoms with Crippen molar-refractivity contribution in [3.05, 3.63) is 69.1 Å². The van der Waals surface area contributed by atoms with E-state index < -0.39 is 0 Å². The quantitative estimate of drug-likeness (QED) is 0.942. The summed E-state index contributed by atoms with van der Waals surface area (Å²) in [6.07, 6.45) is 2.34. The lowest BCUT2D eigenvalue weighted by molar-refractivity contribution is 0.0939. The molecule has 0 aliphatic rings. The fraction of sp³-hybridized carbons (Fsp3) is 0.333. The van der Waals surface area contributed by atoms with Crippen LogP contribution in [0.5, 0.6) is 0 Å². The highest BCUT2D eigenvalue weighted by Crippen LogP contribution is 2.12. The Morgan fingerprint density at radius 1 is 1.23 bits per heavy atom. The van der Waals surface area contributed by atoms with E-state index >= 15 is 0 Å². The molecule has 2 rings (SSSR count). The van der Waals surface area contributed by atoms with E-state index in [1.165, 1.54) is 27.3 Å². The Labute approximate surface area is 130 Å². The summed E-state index contributed by atoms with van der Waals surface area (Å²) in [6, 6.07) is 9.33. The number of hydrogen-bond acceptors (Lipinski definition) is 2. The van der Waals surface area contributed by atoms with Gasteiger partial charge in [-0.15, -0.1) is 0 Å². The van der Waals surface area contributed by atoms with Gasteiger partial charge in [0, 0.05) is 25.4 Å². The number of nitrogens with one attached hydrogen (secondary N) is 1. The van der Waals surface area contributed by atoms with Crippen molar-refractivity contribution in [2.24, 2.45) is 7.05 Å². The Bertz CT molecular complexity index is 747. The summed E-state index contributed by atoms with van der Waals surface area (Å²) >= 11 is 0. The Morgan fingerprint density at radius 3 is 2.59 bits per heavy atom. The van der Waals surface area contributed by atoms with Gasteiger partial charge in [0.15, 0.2) is 0 Å². The predicted octanol–water partition coefficient (Wildman–Crippen LogP) is 2.36. The lowest BCUT2D eigenvalue weighted by Gasteiger charge is -2.16. The molecule has 0 unspecified atom stereocenters. The molecule has 1 aromatic heterocycles. The molecular weight excluding hydrogens is 276 g/mol. The average molecular weight is 298 g/mol. The van der Waals surface area contributed by atoms with Gasteiger partial charge in [0.05, 0.1) is 5.56 Å². The lowest BCUT2D eigenvalue weighted by Crippen LogP contribution is -2.35. The molecule has 1 amide bonds. The van der Waals surface area contributed by atoms with Crippen LogP contribution < -0.4 is 10.9 Å². The molecule has 1 atom stereocenters. The van der Waals surface area contributed by atoms with Crippen LogP contribution in [-0.4, -0.2) is 16.5 Å². The molecule has 0 radical (unpaired) electrons. The number of hydrogen-bond donors (Lipinski definition) is 1. The zero-order chi connectivity index (χ0) is 16.3. The van der Waals surface area contributed by atoms with E-state index in [-0.39, 0.29) is 17.5 Å². The van der Waals surface area contributed by atoms with Gasteiger partial charge in [0.2, 0.25) is 5.56 Å². The van der Waals surface area contributed by atoms with Crippen LogP contribution in [0.1, 0.15) is 34.0 Å². The third-order valence-electron chi connectivity index (χ3n) is 3.75. The van der Waals surface area contributed by atoms with Gasteiger partial charge >= 0.3 is 0 Å². The number of amides is 1. The van der Waals surface area contributed by atoms with Crippen molar-refractivity contribution in [2.45, 2.75) is 33.2 Å². The number of benzene rings is 1. The fourth-order valence-electron chi connectivity index (χ4n) is 2.49. The highest BCUT2D eigenvalue weighted by Gasteiger charge is 2.12. The normalized spacial score (nSPS) is 12.0. The molecule has 116 valence electrons. The smallest absolute Gasteiger partial charge is 0.252 e. The monoisotopic (exact) mass is 298 g/mol. The van der Waals surface area contributed by atoms with Crippen LogP contribution in [0.25, 0.3) is 0 Å². The van der Waals surface area contributed by atoms with Crippen LogP contribution in [0.2, 0.25) is 0 Å². The molecular formula is C18H22N2O2. The van der Waals surface area contributed by atoms with Gasteiger partial charge in [-0.25, -0.2) is 0 Å². The Kier molecular flexibility index (Phi) is 4.81. The minimum absolute atomic E-state index is 0.0196. The van der Waals surface area contributed by atoms with Crippen molar-refractivity contribution in [1.29, 1.82) is 0 Å². The predicted molar refractivity (Wildman–Crippen MR) is 88.2 cm³/mol. The van der Waals surface area contributed by atoms with Gasteiger partial charge in [-0.2, -0.15) is 0 Å². The van der Waals surface area contributed by atoms with Crippen LogP contribution >= 0.6 is 0 Å². The first kappa shape index (κ1) is 16.0. The number of carbonyl (C=O) groups is 1. The fourth-order valence-corrected chi connectivity index (χ4v) is 2.49. The van der Waals surface area contributed by atoms with Gasteiger partial charge < -0.3 is 9.88 Å². The number of aromatic nitrogens is 1. The van der Waals surface area contributed by atoms with Gasteiger partial charge in [-0.1, -0.05) is 23.8 Å². The molecule has 1 aromatic carbocycles. The topological polar surface area (TPSA) is 51.1 Å². The van der Waals surface area contributed by atoms with Crippen LogP contribution in [0.15, 0.2) is 41.3 Å². The van der Waals surface area contributed by atoms with Crippen molar-refractivity contribution < 1.29 is 4.79 Å². The molecule has 1 heterocycles. The lowest BCUT2D eigenvalue weighted by atomic mass is 10.00. The molecule has 0 spiro atoms. The van der Waals surface area contributed by atoms with E-state index in [1.807, 2.05) is 6.92 Å². The highest BCUT2D eigenvalue weighted by atomic mass is 16.2. The maximum Gasteiger partial charge on any atom is 0.252 e. The summed E-state index contributed by atoms with van der Waals surface area (Å²) < 4.78 is 1.41. The molecule has 0 bridgehead atoms. The zero-order valence-corrected chi connectivity index (χ0v) is 13.5. The van der Waals surface area contributed by atoms with Gasteiger partial charge in [-0.05, 0) is 44.4 Å².